The molecule has 0 aliphatic carbocycles. The molecule has 0 aliphatic rings. The number of hydrogen-bond donors (Lipinski definition) is 1. The number of carbonyl (C=O) groups is 1. The van der Waals surface area contributed by atoms with Gasteiger partial charge in [0.1, 0.15) is 10.8 Å². The van der Waals surface area contributed by atoms with Crippen LogP contribution in [0.5, 0.6) is 23.0 Å². The van der Waals surface area contributed by atoms with Crippen molar-refractivity contribution in [3.63, 3.8) is 0 Å². The van der Waals surface area contributed by atoms with Gasteiger partial charge in [0.2, 0.25) is 11.7 Å². The summed E-state index contributed by atoms with van der Waals surface area (Å²) in [6.45, 7) is 0. The molecule has 3 aromatic rings. The summed E-state index contributed by atoms with van der Waals surface area (Å²) in [5.41, 5.74) is 1.60. The second kappa shape index (κ2) is 11.0. The molecule has 0 atom stereocenters. The number of anilines is 1. The highest BCUT2D eigenvalue weighted by molar-refractivity contribution is 7.99. The van der Waals surface area contributed by atoms with Gasteiger partial charge in [0, 0.05) is 11.3 Å². The van der Waals surface area contributed by atoms with Crippen LogP contribution in [0.4, 0.5) is 18.9 Å². The lowest BCUT2D eigenvalue weighted by atomic mass is 10.1. The minimum Gasteiger partial charge on any atom is -0.493 e. The molecular weight excluding hydrogens is 475 g/mol. The highest BCUT2D eigenvalue weighted by Crippen LogP contribution is 2.40. The van der Waals surface area contributed by atoms with E-state index in [1.807, 2.05) is 0 Å². The third-order valence-electron chi connectivity index (χ3n) is 4.32. The van der Waals surface area contributed by atoms with Crippen molar-refractivity contribution in [2.75, 3.05) is 32.4 Å². The van der Waals surface area contributed by atoms with Crippen molar-refractivity contribution in [3.8, 4) is 34.3 Å². The molecule has 34 heavy (non-hydrogen) atoms. The van der Waals surface area contributed by atoms with E-state index in [0.717, 1.165) is 23.9 Å². The molecule has 0 saturated heterocycles. The van der Waals surface area contributed by atoms with Crippen molar-refractivity contribution in [3.05, 3.63) is 48.5 Å². The standard InChI is InChI=1S/C22H20F3N3O5S/c1-30-17-10-13(11-18(31-2)21(17)32-3)16-8-9-20(28-27-16)34-12-19(29)26-14-4-6-15(7-5-14)33-22(23,24)25/h4-11H,12H2,1-3H3,(H,26,29). The third-order valence-corrected chi connectivity index (χ3v) is 5.24. The van der Waals surface area contributed by atoms with Crippen LogP contribution >= 0.6 is 11.8 Å². The predicted octanol–water partition coefficient (Wildman–Crippen LogP) is 4.80. The predicted molar refractivity (Wildman–Crippen MR) is 120 cm³/mol. The maximum Gasteiger partial charge on any atom is 0.573 e. The summed E-state index contributed by atoms with van der Waals surface area (Å²) in [5.74, 6) is 0.715. The Bertz CT molecular complexity index is 1100. The van der Waals surface area contributed by atoms with Crippen molar-refractivity contribution in [2.24, 2.45) is 0 Å². The Kier molecular flexibility index (Phi) is 8.05. The molecule has 8 nitrogen and oxygen atoms in total. The van der Waals surface area contributed by atoms with E-state index < -0.39 is 6.36 Å². The molecule has 0 aliphatic heterocycles. The number of nitrogens with one attached hydrogen (secondary N) is 1. The molecule has 0 fully saturated rings. The number of amides is 1. The molecule has 1 N–H and O–H groups in total. The average molecular weight is 495 g/mol. The minimum atomic E-state index is -4.77. The Morgan fingerprint density at radius 1 is 0.941 bits per heavy atom. The van der Waals surface area contributed by atoms with Crippen LogP contribution < -0.4 is 24.3 Å². The van der Waals surface area contributed by atoms with Crippen LogP contribution in [0.25, 0.3) is 11.3 Å². The summed E-state index contributed by atoms with van der Waals surface area (Å²) < 4.78 is 56.4. The van der Waals surface area contributed by atoms with Crippen LogP contribution in [0.1, 0.15) is 0 Å². The number of thioether (sulfide) groups is 1. The number of nitrogens with zero attached hydrogens (tertiary/aromatic N) is 2. The number of alkyl halides is 3. The van der Waals surface area contributed by atoms with E-state index >= 15 is 0 Å². The highest BCUT2D eigenvalue weighted by atomic mass is 32.2. The Morgan fingerprint density at radius 2 is 1.59 bits per heavy atom. The van der Waals surface area contributed by atoms with Gasteiger partial charge in [-0.25, -0.2) is 0 Å². The molecule has 1 amide bonds. The summed E-state index contributed by atoms with van der Waals surface area (Å²) in [6.07, 6.45) is -4.77. The fourth-order valence-electron chi connectivity index (χ4n) is 2.86. The smallest absolute Gasteiger partial charge is 0.493 e. The van der Waals surface area contributed by atoms with Crippen LogP contribution in [-0.4, -0.2) is 49.5 Å². The van der Waals surface area contributed by atoms with E-state index in [9.17, 15) is 18.0 Å². The monoisotopic (exact) mass is 495 g/mol. The van der Waals surface area contributed by atoms with Crippen molar-refractivity contribution in [1.29, 1.82) is 0 Å². The Labute approximate surface area is 197 Å². The average Bonchev–Trinajstić information content (AvgIpc) is 2.82. The first-order chi connectivity index (χ1) is 16.2. The minimum absolute atomic E-state index is 0.0268. The van der Waals surface area contributed by atoms with Crippen LogP contribution in [-0.2, 0) is 4.79 Å². The van der Waals surface area contributed by atoms with Gasteiger partial charge in [-0.05, 0) is 48.5 Å². The van der Waals surface area contributed by atoms with Gasteiger partial charge in [-0.2, -0.15) is 0 Å². The molecule has 2 aromatic carbocycles. The third kappa shape index (κ3) is 6.67. The number of hydrogen-bond acceptors (Lipinski definition) is 8. The number of rotatable bonds is 9. The summed E-state index contributed by atoms with van der Waals surface area (Å²) in [4.78, 5) is 12.2. The molecule has 1 aromatic heterocycles. The van der Waals surface area contributed by atoms with Gasteiger partial charge in [0.05, 0.1) is 32.8 Å². The van der Waals surface area contributed by atoms with Crippen LogP contribution in [0.3, 0.4) is 0 Å². The Balaban J connectivity index is 1.59. The second-order valence-electron chi connectivity index (χ2n) is 6.58. The van der Waals surface area contributed by atoms with Crippen molar-refractivity contribution < 1.29 is 36.9 Å². The lowest BCUT2D eigenvalue weighted by Gasteiger charge is -2.13. The van der Waals surface area contributed by atoms with Crippen LogP contribution in [0, 0.1) is 0 Å². The van der Waals surface area contributed by atoms with Gasteiger partial charge in [0.15, 0.2) is 11.5 Å². The Hall–Kier alpha value is -3.67. The first-order valence-corrected chi connectivity index (χ1v) is 10.6. The first kappa shape index (κ1) is 25.0. The second-order valence-corrected chi connectivity index (χ2v) is 7.58. The SMILES string of the molecule is COc1cc(-c2ccc(SCC(=O)Nc3ccc(OC(F)(F)F)cc3)nn2)cc(OC)c1OC. The zero-order valence-electron chi connectivity index (χ0n) is 18.3. The molecule has 0 spiro atoms. The van der Waals surface area contributed by atoms with E-state index in [-0.39, 0.29) is 17.4 Å². The number of methoxy groups -OCH3 is 3. The summed E-state index contributed by atoms with van der Waals surface area (Å²) >= 11 is 1.16. The van der Waals surface area contributed by atoms with Gasteiger partial charge in [-0.15, -0.1) is 23.4 Å². The van der Waals surface area contributed by atoms with Crippen molar-refractivity contribution >= 4 is 23.4 Å². The first-order valence-electron chi connectivity index (χ1n) is 9.65. The van der Waals surface area contributed by atoms with Crippen LogP contribution in [0.15, 0.2) is 53.6 Å². The maximum atomic E-state index is 12.2. The molecule has 0 saturated carbocycles. The number of aromatic nitrogens is 2. The summed E-state index contributed by atoms with van der Waals surface area (Å²) in [7, 11) is 4.55. The normalized spacial score (nSPS) is 11.0. The number of carbonyl (C=O) groups excluding carboxylic acids is 1. The zero-order valence-corrected chi connectivity index (χ0v) is 19.1. The van der Waals surface area contributed by atoms with Gasteiger partial charge in [0.25, 0.3) is 0 Å². The van der Waals surface area contributed by atoms with Crippen LogP contribution in [0.2, 0.25) is 0 Å². The van der Waals surface area contributed by atoms with Gasteiger partial charge < -0.3 is 24.3 Å². The molecular formula is C22H20F3N3O5S. The number of ether oxygens (including phenoxy) is 4. The van der Waals surface area contributed by atoms with E-state index in [0.29, 0.717) is 39.2 Å². The summed E-state index contributed by atoms with van der Waals surface area (Å²) in [6, 6.07) is 11.8. The number of benzene rings is 2. The quantitative estimate of drug-likeness (QED) is 0.424. The lowest BCUT2D eigenvalue weighted by molar-refractivity contribution is -0.274. The maximum absolute atomic E-state index is 12.2. The van der Waals surface area contributed by atoms with E-state index in [4.69, 9.17) is 14.2 Å². The molecule has 0 unspecified atom stereocenters. The molecule has 0 bridgehead atoms. The Morgan fingerprint density at radius 3 is 2.09 bits per heavy atom. The number of halogens is 3. The lowest BCUT2D eigenvalue weighted by Crippen LogP contribution is -2.17. The topological polar surface area (TPSA) is 91.8 Å². The van der Waals surface area contributed by atoms with Crippen molar-refractivity contribution in [1.82, 2.24) is 10.2 Å². The molecule has 12 heteroatoms. The van der Waals surface area contributed by atoms with Gasteiger partial charge in [-0.3, -0.25) is 4.79 Å². The fraction of sp³-hybridized carbons (Fsp3) is 0.227. The summed E-state index contributed by atoms with van der Waals surface area (Å²) in [5, 5.41) is 11.4. The van der Waals surface area contributed by atoms with E-state index in [1.165, 1.54) is 33.5 Å². The molecule has 180 valence electrons. The molecule has 1 heterocycles. The largest absolute Gasteiger partial charge is 0.573 e. The van der Waals surface area contributed by atoms with Gasteiger partial charge in [-0.1, -0.05) is 11.8 Å². The van der Waals surface area contributed by atoms with E-state index in [1.54, 1.807) is 24.3 Å². The molecule has 3 rings (SSSR count). The van der Waals surface area contributed by atoms with Gasteiger partial charge >= 0.3 is 6.36 Å². The highest BCUT2D eigenvalue weighted by Gasteiger charge is 2.31. The van der Waals surface area contributed by atoms with Crippen molar-refractivity contribution in [2.45, 2.75) is 11.4 Å². The molecule has 0 radical (unpaired) electrons. The fourth-order valence-corrected chi connectivity index (χ4v) is 3.47. The zero-order chi connectivity index (χ0) is 24.7. The van der Waals surface area contributed by atoms with E-state index in [2.05, 4.69) is 20.3 Å².